The first-order valence-electron chi connectivity index (χ1n) is 5.69. The Bertz CT molecular complexity index is 731. The van der Waals surface area contributed by atoms with E-state index in [0.29, 0.717) is 17.5 Å². The van der Waals surface area contributed by atoms with Gasteiger partial charge < -0.3 is 15.7 Å². The minimum Gasteiger partial charge on any atom is -0.383 e. The minimum atomic E-state index is -3.59. The zero-order valence-electron chi connectivity index (χ0n) is 10.8. The zero-order chi connectivity index (χ0) is 14.8. The maximum atomic E-state index is 11.2. The van der Waals surface area contributed by atoms with Crippen LogP contribution in [0, 0.1) is 0 Å². The molecule has 0 aliphatic heterocycles. The summed E-state index contributed by atoms with van der Waals surface area (Å²) in [5.41, 5.74) is 12.5. The van der Waals surface area contributed by atoms with Crippen molar-refractivity contribution in [2.45, 2.75) is 6.42 Å². The fourth-order valence-electron chi connectivity index (χ4n) is 1.67. The molecule has 0 spiro atoms. The van der Waals surface area contributed by atoms with Crippen LogP contribution in [0.1, 0.15) is 11.1 Å². The van der Waals surface area contributed by atoms with Crippen LogP contribution >= 0.6 is 0 Å². The third kappa shape index (κ3) is 3.58. The van der Waals surface area contributed by atoms with E-state index in [1.165, 1.54) is 6.20 Å². The number of rotatable bonds is 4. The monoisotopic (exact) mass is 294 g/mol. The van der Waals surface area contributed by atoms with Crippen LogP contribution in [0.15, 0.2) is 30.5 Å². The van der Waals surface area contributed by atoms with Crippen LogP contribution in [0.25, 0.3) is 0 Å². The first-order valence-corrected chi connectivity index (χ1v) is 7.51. The van der Waals surface area contributed by atoms with Gasteiger partial charge in [-0.25, -0.2) is 4.98 Å². The van der Waals surface area contributed by atoms with Gasteiger partial charge in [0.05, 0.1) is 6.26 Å². The summed E-state index contributed by atoms with van der Waals surface area (Å²) in [5.74, 6) is 0.602. The molecule has 4 N–H and O–H groups in total. The molecule has 0 bridgehead atoms. The molecule has 7 nitrogen and oxygen atoms in total. The Balaban J connectivity index is 2.34. The van der Waals surface area contributed by atoms with Crippen LogP contribution in [-0.2, 0) is 16.5 Å². The van der Waals surface area contributed by atoms with Gasteiger partial charge in [0.1, 0.15) is 11.6 Å². The maximum Gasteiger partial charge on any atom is 0.306 e. The van der Waals surface area contributed by atoms with Gasteiger partial charge in [0.25, 0.3) is 0 Å². The first-order chi connectivity index (χ1) is 9.35. The first kappa shape index (κ1) is 14.1. The molecule has 0 unspecified atom stereocenters. The van der Waals surface area contributed by atoms with Crippen LogP contribution < -0.4 is 15.7 Å². The van der Waals surface area contributed by atoms with Crippen molar-refractivity contribution in [1.82, 2.24) is 9.97 Å². The van der Waals surface area contributed by atoms with Gasteiger partial charge in [-0.2, -0.15) is 13.4 Å². The number of hydrogen-bond acceptors (Lipinski definition) is 7. The van der Waals surface area contributed by atoms with E-state index in [9.17, 15) is 8.42 Å². The number of para-hydroxylation sites is 1. The number of aromatic nitrogens is 2. The van der Waals surface area contributed by atoms with Crippen molar-refractivity contribution in [2.75, 3.05) is 17.7 Å². The van der Waals surface area contributed by atoms with Crippen LogP contribution in [0.3, 0.4) is 0 Å². The fourth-order valence-corrected chi connectivity index (χ4v) is 2.16. The predicted molar refractivity (Wildman–Crippen MR) is 75.6 cm³/mol. The van der Waals surface area contributed by atoms with Crippen molar-refractivity contribution < 1.29 is 12.6 Å². The summed E-state index contributed by atoms with van der Waals surface area (Å²) in [6, 6.07) is 6.78. The average molecular weight is 294 g/mol. The summed E-state index contributed by atoms with van der Waals surface area (Å²) < 4.78 is 27.4. The number of nitrogens with two attached hydrogens (primary N) is 2. The SMILES string of the molecule is CS(=O)(=O)Oc1ccccc1Cc1cnc(N)nc1N. The standard InChI is InChI=1S/C12H14N4O3S/c1-20(17,18)19-10-5-3-2-4-8(10)6-9-7-15-12(14)16-11(9)13/h2-5,7H,6H2,1H3,(H4,13,14,15,16). The highest BCUT2D eigenvalue weighted by Gasteiger charge is 2.12. The Hall–Kier alpha value is -2.35. The van der Waals surface area contributed by atoms with Crippen LogP contribution in [0.2, 0.25) is 0 Å². The van der Waals surface area contributed by atoms with Crippen molar-refractivity contribution in [1.29, 1.82) is 0 Å². The summed E-state index contributed by atoms with van der Waals surface area (Å²) in [4.78, 5) is 7.73. The van der Waals surface area contributed by atoms with Crippen LogP contribution in [0.4, 0.5) is 11.8 Å². The lowest BCUT2D eigenvalue weighted by Crippen LogP contribution is -2.09. The molecule has 2 rings (SSSR count). The van der Waals surface area contributed by atoms with Gasteiger partial charge in [0.15, 0.2) is 0 Å². The summed E-state index contributed by atoms with van der Waals surface area (Å²) in [7, 11) is -3.59. The molecule has 0 aliphatic carbocycles. The molecule has 0 saturated heterocycles. The van der Waals surface area contributed by atoms with Gasteiger partial charge >= 0.3 is 10.1 Å². The Morgan fingerprint density at radius 2 is 1.90 bits per heavy atom. The third-order valence-electron chi connectivity index (χ3n) is 2.51. The van der Waals surface area contributed by atoms with E-state index >= 15 is 0 Å². The highest BCUT2D eigenvalue weighted by molar-refractivity contribution is 7.86. The molecule has 2 aromatic rings. The molecular weight excluding hydrogens is 280 g/mol. The van der Waals surface area contributed by atoms with Crippen LogP contribution in [-0.4, -0.2) is 24.6 Å². The number of hydrogen-bond donors (Lipinski definition) is 2. The summed E-state index contributed by atoms with van der Waals surface area (Å²) in [6.45, 7) is 0. The van der Waals surface area contributed by atoms with Crippen LogP contribution in [0.5, 0.6) is 5.75 Å². The van der Waals surface area contributed by atoms with Gasteiger partial charge in [-0.1, -0.05) is 18.2 Å². The van der Waals surface area contributed by atoms with Crippen molar-refractivity contribution in [3.05, 3.63) is 41.6 Å². The number of nitrogen functional groups attached to an aromatic ring is 2. The molecule has 0 amide bonds. The van der Waals surface area contributed by atoms with Gasteiger partial charge in [-0.3, -0.25) is 0 Å². The molecule has 106 valence electrons. The lowest BCUT2D eigenvalue weighted by molar-refractivity contribution is 0.490. The van der Waals surface area contributed by atoms with E-state index in [2.05, 4.69) is 9.97 Å². The van der Waals surface area contributed by atoms with Gasteiger partial charge in [0, 0.05) is 23.7 Å². The Kier molecular flexibility index (Phi) is 3.75. The Labute approximate surface area is 116 Å². The van der Waals surface area contributed by atoms with Crippen molar-refractivity contribution >= 4 is 21.9 Å². The van der Waals surface area contributed by atoms with Gasteiger partial charge in [-0.05, 0) is 6.07 Å². The molecule has 1 aromatic heterocycles. The number of nitrogens with zero attached hydrogens (tertiary/aromatic N) is 2. The quantitative estimate of drug-likeness (QED) is 0.790. The second-order valence-electron chi connectivity index (χ2n) is 4.21. The maximum absolute atomic E-state index is 11.2. The minimum absolute atomic E-state index is 0.0897. The van der Waals surface area contributed by atoms with E-state index in [4.69, 9.17) is 15.7 Å². The average Bonchev–Trinajstić information content (AvgIpc) is 2.33. The second-order valence-corrected chi connectivity index (χ2v) is 5.79. The van der Waals surface area contributed by atoms with E-state index in [0.717, 1.165) is 6.26 Å². The molecule has 8 heteroatoms. The molecular formula is C12H14N4O3S. The topological polar surface area (TPSA) is 121 Å². The number of anilines is 2. The Morgan fingerprint density at radius 3 is 2.55 bits per heavy atom. The summed E-state index contributed by atoms with van der Waals surface area (Å²) in [5, 5.41) is 0. The van der Waals surface area contributed by atoms with Gasteiger partial charge in [0.2, 0.25) is 5.95 Å². The molecule has 1 aromatic carbocycles. The lowest BCUT2D eigenvalue weighted by atomic mass is 10.1. The molecule has 1 heterocycles. The highest BCUT2D eigenvalue weighted by Crippen LogP contribution is 2.24. The fraction of sp³-hybridized carbons (Fsp3) is 0.167. The van der Waals surface area contributed by atoms with E-state index in [1.807, 2.05) is 0 Å². The lowest BCUT2D eigenvalue weighted by Gasteiger charge is -2.10. The zero-order valence-corrected chi connectivity index (χ0v) is 11.6. The molecule has 0 fully saturated rings. The van der Waals surface area contributed by atoms with E-state index in [1.54, 1.807) is 24.3 Å². The normalized spacial score (nSPS) is 11.2. The third-order valence-corrected chi connectivity index (χ3v) is 2.99. The molecule has 0 saturated carbocycles. The van der Waals surface area contributed by atoms with E-state index in [-0.39, 0.29) is 17.5 Å². The Morgan fingerprint density at radius 1 is 1.20 bits per heavy atom. The van der Waals surface area contributed by atoms with E-state index < -0.39 is 10.1 Å². The van der Waals surface area contributed by atoms with Gasteiger partial charge in [-0.15, -0.1) is 0 Å². The summed E-state index contributed by atoms with van der Waals surface area (Å²) >= 11 is 0. The molecule has 0 atom stereocenters. The molecule has 20 heavy (non-hydrogen) atoms. The predicted octanol–water partition coefficient (Wildman–Crippen LogP) is 0.570. The molecule has 0 radical (unpaired) electrons. The molecule has 0 aliphatic rings. The van der Waals surface area contributed by atoms with Crippen molar-refractivity contribution in [3.63, 3.8) is 0 Å². The second kappa shape index (κ2) is 5.33. The van der Waals surface area contributed by atoms with Crippen molar-refractivity contribution in [3.8, 4) is 5.75 Å². The largest absolute Gasteiger partial charge is 0.383 e. The summed E-state index contributed by atoms with van der Waals surface area (Å²) in [6.07, 6.45) is 2.84. The highest BCUT2D eigenvalue weighted by atomic mass is 32.2. The van der Waals surface area contributed by atoms with Crippen molar-refractivity contribution in [2.24, 2.45) is 0 Å². The smallest absolute Gasteiger partial charge is 0.306 e. The number of benzene rings is 1.